The van der Waals surface area contributed by atoms with Crippen LogP contribution in [-0.2, 0) is 16.1 Å². The van der Waals surface area contributed by atoms with Gasteiger partial charge in [-0.15, -0.1) is 0 Å². The van der Waals surface area contributed by atoms with Gasteiger partial charge in [0.2, 0.25) is 0 Å². The Bertz CT molecular complexity index is 281. The smallest absolute Gasteiger partial charge is 0.325 e. The van der Waals surface area contributed by atoms with E-state index in [2.05, 4.69) is 11.2 Å². The summed E-state index contributed by atoms with van der Waals surface area (Å²) < 4.78 is 6.62. The van der Waals surface area contributed by atoms with Crippen molar-refractivity contribution in [3.63, 3.8) is 0 Å². The maximum Gasteiger partial charge on any atom is 0.325 e. The number of hydrogen-bond donors (Lipinski definition) is 0. The number of imidazole rings is 1. The molecule has 0 spiro atoms. The van der Waals surface area contributed by atoms with Gasteiger partial charge < -0.3 is 9.30 Å². The van der Waals surface area contributed by atoms with E-state index in [0.29, 0.717) is 6.61 Å². The first-order chi connectivity index (χ1) is 6.24. The highest BCUT2D eigenvalue weighted by molar-refractivity contribution is 5.69. The van der Waals surface area contributed by atoms with Gasteiger partial charge in [-0.1, -0.05) is 6.92 Å². The number of nitrogens with zero attached hydrogens (tertiary/aromatic N) is 2. The summed E-state index contributed by atoms with van der Waals surface area (Å²) in [5.74, 6) is 0.546. The molecule has 71 valence electrons. The number of esters is 1. The van der Waals surface area contributed by atoms with Gasteiger partial charge in [-0.25, -0.2) is 4.98 Å². The van der Waals surface area contributed by atoms with Crippen molar-refractivity contribution in [2.45, 2.75) is 26.8 Å². The molecule has 1 aromatic heterocycles. The lowest BCUT2D eigenvalue weighted by Gasteiger charge is -2.04. The van der Waals surface area contributed by atoms with Crippen LogP contribution in [0.3, 0.4) is 0 Å². The van der Waals surface area contributed by atoms with Gasteiger partial charge in [-0.3, -0.25) is 4.79 Å². The highest BCUT2D eigenvalue weighted by atomic mass is 16.5. The van der Waals surface area contributed by atoms with Crippen molar-refractivity contribution < 1.29 is 9.53 Å². The number of ether oxygens (including phenoxy) is 1. The summed E-state index contributed by atoms with van der Waals surface area (Å²) in [5.41, 5.74) is 0. The molecule has 1 heterocycles. The van der Waals surface area contributed by atoms with Crippen molar-refractivity contribution in [2.24, 2.45) is 0 Å². The van der Waals surface area contributed by atoms with Gasteiger partial charge in [0.25, 0.3) is 0 Å². The highest BCUT2D eigenvalue weighted by Crippen LogP contribution is 1.95. The molecule has 0 aliphatic heterocycles. The van der Waals surface area contributed by atoms with Crippen LogP contribution in [0.15, 0.2) is 6.20 Å². The molecule has 1 radical (unpaired) electrons. The molecule has 0 atom stereocenters. The summed E-state index contributed by atoms with van der Waals surface area (Å²) >= 11 is 0. The Labute approximate surface area is 77.5 Å². The van der Waals surface area contributed by atoms with Gasteiger partial charge in [0.05, 0.1) is 6.61 Å². The second-order valence-corrected chi connectivity index (χ2v) is 2.77. The van der Waals surface area contributed by atoms with Gasteiger partial charge in [0.15, 0.2) is 0 Å². The third kappa shape index (κ3) is 2.89. The molecule has 4 heteroatoms. The lowest BCUT2D eigenvalue weighted by molar-refractivity contribution is -0.144. The molecule has 1 aromatic rings. The van der Waals surface area contributed by atoms with Crippen LogP contribution in [0, 0.1) is 13.1 Å². The van der Waals surface area contributed by atoms with Crippen LogP contribution in [0.4, 0.5) is 0 Å². The predicted octanol–water partition coefficient (Wildman–Crippen LogP) is 0.945. The van der Waals surface area contributed by atoms with E-state index in [-0.39, 0.29) is 12.5 Å². The van der Waals surface area contributed by atoms with Crippen LogP contribution >= 0.6 is 0 Å². The van der Waals surface area contributed by atoms with Crippen molar-refractivity contribution in [3.05, 3.63) is 18.2 Å². The molecule has 4 nitrogen and oxygen atoms in total. The first-order valence-corrected chi connectivity index (χ1v) is 4.29. The standard InChI is InChI=1S/C9H13N2O2/c1-3-6-13-9(12)7-11-5-4-10-8(11)2/h5H,3,6-7H2,1-2H3. The van der Waals surface area contributed by atoms with Gasteiger partial charge in [0.1, 0.15) is 18.6 Å². The minimum absolute atomic E-state index is 0.225. The van der Waals surface area contributed by atoms with E-state index in [0.717, 1.165) is 12.2 Å². The zero-order valence-electron chi connectivity index (χ0n) is 7.91. The van der Waals surface area contributed by atoms with E-state index in [1.165, 1.54) is 0 Å². The van der Waals surface area contributed by atoms with Gasteiger partial charge in [-0.2, -0.15) is 0 Å². The number of carbonyl (C=O) groups is 1. The van der Waals surface area contributed by atoms with Crippen LogP contribution in [0.1, 0.15) is 19.2 Å². The highest BCUT2D eigenvalue weighted by Gasteiger charge is 2.04. The summed E-state index contributed by atoms with van der Waals surface area (Å²) in [4.78, 5) is 15.0. The number of carbonyl (C=O) groups excluding carboxylic acids is 1. The Morgan fingerprint density at radius 2 is 2.54 bits per heavy atom. The minimum Gasteiger partial charge on any atom is -0.464 e. The second-order valence-electron chi connectivity index (χ2n) is 2.77. The summed E-state index contributed by atoms with van der Waals surface area (Å²) in [5, 5.41) is 0. The summed E-state index contributed by atoms with van der Waals surface area (Å²) in [6, 6.07) is 0. The quantitative estimate of drug-likeness (QED) is 0.649. The molecular formula is C9H13N2O2. The molecule has 0 aliphatic carbocycles. The van der Waals surface area contributed by atoms with Crippen LogP contribution in [0.5, 0.6) is 0 Å². The average Bonchev–Trinajstić information content (AvgIpc) is 2.48. The molecule has 0 saturated carbocycles. The van der Waals surface area contributed by atoms with Crippen LogP contribution in [0.25, 0.3) is 0 Å². The fourth-order valence-corrected chi connectivity index (χ4v) is 0.910. The Morgan fingerprint density at radius 1 is 1.77 bits per heavy atom. The molecule has 0 bridgehead atoms. The summed E-state index contributed by atoms with van der Waals surface area (Å²) in [7, 11) is 0. The fraction of sp³-hybridized carbons (Fsp3) is 0.556. The predicted molar refractivity (Wildman–Crippen MR) is 47.1 cm³/mol. The third-order valence-electron chi connectivity index (χ3n) is 1.62. The largest absolute Gasteiger partial charge is 0.464 e. The molecule has 0 amide bonds. The van der Waals surface area contributed by atoms with Gasteiger partial charge in [-0.05, 0) is 13.3 Å². The first-order valence-electron chi connectivity index (χ1n) is 4.29. The Hall–Kier alpha value is -1.32. The minimum atomic E-state index is -0.226. The first kappa shape index (κ1) is 9.77. The topological polar surface area (TPSA) is 44.1 Å². The number of hydrogen-bond acceptors (Lipinski definition) is 3. The molecule has 0 aromatic carbocycles. The molecule has 0 fully saturated rings. The molecular weight excluding hydrogens is 168 g/mol. The lowest BCUT2D eigenvalue weighted by Crippen LogP contribution is -2.14. The second kappa shape index (κ2) is 4.64. The summed E-state index contributed by atoms with van der Waals surface area (Å²) in [6.45, 7) is 4.49. The zero-order chi connectivity index (χ0) is 9.68. The average molecular weight is 181 g/mol. The zero-order valence-corrected chi connectivity index (χ0v) is 7.91. The normalized spacial score (nSPS) is 10.0. The number of rotatable bonds is 4. The maximum absolute atomic E-state index is 11.1. The van der Waals surface area contributed by atoms with E-state index in [1.54, 1.807) is 10.8 Å². The Balaban J connectivity index is 2.41. The van der Waals surface area contributed by atoms with Crippen LogP contribution in [-0.4, -0.2) is 22.1 Å². The van der Waals surface area contributed by atoms with Crippen molar-refractivity contribution in [1.29, 1.82) is 0 Å². The number of aryl methyl sites for hydroxylation is 1. The third-order valence-corrected chi connectivity index (χ3v) is 1.62. The lowest BCUT2D eigenvalue weighted by atomic mass is 10.5. The fourth-order valence-electron chi connectivity index (χ4n) is 0.910. The molecule has 0 N–H and O–H groups in total. The molecule has 1 rings (SSSR count). The monoisotopic (exact) mass is 181 g/mol. The van der Waals surface area contributed by atoms with E-state index < -0.39 is 0 Å². The van der Waals surface area contributed by atoms with Crippen molar-refractivity contribution in [2.75, 3.05) is 6.61 Å². The number of aromatic nitrogens is 2. The van der Waals surface area contributed by atoms with E-state index in [4.69, 9.17) is 4.74 Å². The molecule has 0 saturated heterocycles. The van der Waals surface area contributed by atoms with Crippen molar-refractivity contribution in [3.8, 4) is 0 Å². The molecule has 13 heavy (non-hydrogen) atoms. The molecule has 0 aliphatic rings. The van der Waals surface area contributed by atoms with E-state index in [1.807, 2.05) is 13.8 Å². The van der Waals surface area contributed by atoms with Crippen molar-refractivity contribution >= 4 is 5.97 Å². The summed E-state index contributed by atoms with van der Waals surface area (Å²) in [6.07, 6.45) is 5.15. The molecule has 0 unspecified atom stereocenters. The van der Waals surface area contributed by atoms with Gasteiger partial charge >= 0.3 is 5.97 Å². The Kier molecular flexibility index (Phi) is 3.49. The van der Waals surface area contributed by atoms with E-state index in [9.17, 15) is 4.79 Å². The van der Waals surface area contributed by atoms with Crippen molar-refractivity contribution in [1.82, 2.24) is 9.55 Å². The van der Waals surface area contributed by atoms with E-state index >= 15 is 0 Å². The van der Waals surface area contributed by atoms with Crippen LogP contribution in [0.2, 0.25) is 0 Å². The SMILES string of the molecule is CCCOC(=O)Cn1c[c]nc1C. The van der Waals surface area contributed by atoms with Crippen LogP contribution < -0.4 is 0 Å². The maximum atomic E-state index is 11.1. The Morgan fingerprint density at radius 3 is 3.08 bits per heavy atom. The van der Waals surface area contributed by atoms with Gasteiger partial charge in [0, 0.05) is 6.20 Å².